The number of rotatable bonds is 31. The highest BCUT2D eigenvalue weighted by Gasteiger charge is 2.04. The van der Waals surface area contributed by atoms with E-state index in [1.54, 1.807) is 0 Å². The van der Waals surface area contributed by atoms with E-state index in [9.17, 15) is 19.2 Å². The molecule has 4 N–H and O–H groups in total. The van der Waals surface area contributed by atoms with Crippen LogP contribution < -0.4 is 21.3 Å². The van der Waals surface area contributed by atoms with Crippen molar-refractivity contribution in [2.75, 3.05) is 91.6 Å². The van der Waals surface area contributed by atoms with Gasteiger partial charge in [0, 0.05) is 26.4 Å². The first kappa shape index (κ1) is 40.0. The lowest BCUT2D eigenvalue weighted by atomic mass is 10.1. The Morgan fingerprint density at radius 3 is 1.48 bits per heavy atom. The van der Waals surface area contributed by atoms with Crippen LogP contribution in [0.15, 0.2) is 0 Å². The molecule has 0 rings (SSSR count). The Morgan fingerprint density at radius 1 is 0.500 bits per heavy atom. The normalized spacial score (nSPS) is 10.8. The molecule has 246 valence electrons. The van der Waals surface area contributed by atoms with Crippen molar-refractivity contribution >= 4 is 36.3 Å². The molecule has 0 aromatic rings. The molecule has 0 spiro atoms. The van der Waals surface area contributed by atoms with E-state index in [2.05, 4.69) is 33.9 Å². The zero-order chi connectivity index (χ0) is 30.9. The summed E-state index contributed by atoms with van der Waals surface area (Å²) in [5, 5.41) is 10.6. The summed E-state index contributed by atoms with van der Waals surface area (Å²) in [5.41, 5.74) is 0. The molecule has 0 aromatic carbocycles. The zero-order valence-electron chi connectivity index (χ0n) is 25.4. The van der Waals surface area contributed by atoms with Gasteiger partial charge in [-0.1, -0.05) is 38.5 Å². The second kappa shape index (κ2) is 32.0. The molecule has 13 nitrogen and oxygen atoms in total. The van der Waals surface area contributed by atoms with Gasteiger partial charge in [0.25, 0.3) is 0 Å². The fraction of sp³-hybridized carbons (Fsp3) is 0.857. The monoisotopic (exact) mass is 622 g/mol. The van der Waals surface area contributed by atoms with Crippen LogP contribution in [0.2, 0.25) is 0 Å². The van der Waals surface area contributed by atoms with Crippen LogP contribution in [0.5, 0.6) is 0 Å². The van der Waals surface area contributed by atoms with Crippen LogP contribution in [0.25, 0.3) is 0 Å². The molecule has 0 saturated heterocycles. The number of carbonyl (C=O) groups is 4. The Morgan fingerprint density at radius 2 is 0.929 bits per heavy atom. The molecule has 0 radical (unpaired) electrons. The summed E-state index contributed by atoms with van der Waals surface area (Å²) in [4.78, 5) is 46.0. The quantitative estimate of drug-likeness (QED) is 0.0431. The van der Waals surface area contributed by atoms with E-state index in [1.165, 1.54) is 39.0 Å². The predicted octanol–water partition coefficient (Wildman–Crippen LogP) is 0.952. The summed E-state index contributed by atoms with van der Waals surface area (Å²) in [6.07, 6.45) is 9.66. The van der Waals surface area contributed by atoms with Crippen molar-refractivity contribution in [3.8, 4) is 0 Å². The van der Waals surface area contributed by atoms with E-state index in [4.69, 9.17) is 23.7 Å². The van der Waals surface area contributed by atoms with Gasteiger partial charge in [0.05, 0.1) is 59.5 Å². The van der Waals surface area contributed by atoms with Crippen molar-refractivity contribution in [3.05, 3.63) is 0 Å². The topological polar surface area (TPSA) is 163 Å². The molecule has 0 aliphatic rings. The Hall–Kier alpha value is -1.97. The van der Waals surface area contributed by atoms with Crippen LogP contribution in [0.4, 0.5) is 0 Å². The molecule has 42 heavy (non-hydrogen) atoms. The van der Waals surface area contributed by atoms with E-state index in [-0.39, 0.29) is 69.9 Å². The van der Waals surface area contributed by atoms with E-state index in [1.807, 2.05) is 0 Å². The van der Waals surface area contributed by atoms with E-state index >= 15 is 0 Å². The van der Waals surface area contributed by atoms with Crippen LogP contribution in [-0.2, 0) is 42.9 Å². The van der Waals surface area contributed by atoms with Crippen molar-refractivity contribution in [1.29, 1.82) is 0 Å². The molecule has 0 fully saturated rings. The molecule has 0 aromatic heterocycles. The van der Waals surface area contributed by atoms with Gasteiger partial charge in [0.2, 0.25) is 23.6 Å². The first-order chi connectivity index (χ1) is 20.5. The number of hydrogen-bond donors (Lipinski definition) is 5. The summed E-state index contributed by atoms with van der Waals surface area (Å²) in [6.45, 7) is 4.78. The largest absolute Gasteiger partial charge is 0.377 e. The summed E-state index contributed by atoms with van der Waals surface area (Å²) in [5.74, 6) is 0.226. The highest BCUT2D eigenvalue weighted by molar-refractivity contribution is 7.80. The minimum absolute atomic E-state index is 0.0680. The average molecular weight is 623 g/mol. The molecule has 0 aliphatic heterocycles. The molecular formula is C28H54N4O9S. The summed E-state index contributed by atoms with van der Waals surface area (Å²) in [6, 6.07) is 0. The van der Waals surface area contributed by atoms with Crippen molar-refractivity contribution in [2.45, 2.75) is 64.7 Å². The van der Waals surface area contributed by atoms with Gasteiger partial charge >= 0.3 is 0 Å². The summed E-state index contributed by atoms with van der Waals surface area (Å²) >= 11 is 4.21. The fourth-order valence-electron chi connectivity index (χ4n) is 3.44. The van der Waals surface area contributed by atoms with Gasteiger partial charge in [0.15, 0.2) is 0 Å². The van der Waals surface area contributed by atoms with Crippen molar-refractivity contribution in [2.24, 2.45) is 0 Å². The molecule has 0 heterocycles. The number of carbonyl (C=O) groups excluding carboxylic acids is 4. The standard InChI is InChI=1S/C28H54N4O9S/c1-25(33)29-11-13-37-15-16-38-14-12-30-27(35)22-40-19-17-39-18-20-41-23-28(36)32-24-31-26(34)10-8-6-4-2-3-5-7-9-21-42/h42H,2-24H2,1H3,(H,29,33)(H,30,35)(H,31,34)(H,32,36). The fourth-order valence-corrected chi connectivity index (χ4v) is 3.66. The van der Waals surface area contributed by atoms with Crippen LogP contribution in [0, 0.1) is 0 Å². The molecule has 0 aliphatic carbocycles. The third-order valence-electron chi connectivity index (χ3n) is 5.65. The maximum absolute atomic E-state index is 11.8. The minimum Gasteiger partial charge on any atom is -0.377 e. The lowest BCUT2D eigenvalue weighted by Gasteiger charge is -2.09. The van der Waals surface area contributed by atoms with Crippen LogP contribution in [-0.4, -0.2) is 115 Å². The maximum atomic E-state index is 11.8. The molecule has 0 atom stereocenters. The summed E-state index contributed by atoms with van der Waals surface area (Å²) in [7, 11) is 0. The van der Waals surface area contributed by atoms with E-state index in [0.29, 0.717) is 45.9 Å². The Bertz CT molecular complexity index is 690. The van der Waals surface area contributed by atoms with Crippen LogP contribution in [0.1, 0.15) is 64.7 Å². The number of hydrogen-bond acceptors (Lipinski definition) is 10. The van der Waals surface area contributed by atoms with E-state index in [0.717, 1.165) is 25.0 Å². The van der Waals surface area contributed by atoms with Crippen LogP contribution >= 0.6 is 12.6 Å². The average Bonchev–Trinajstić information content (AvgIpc) is 2.96. The summed E-state index contributed by atoms with van der Waals surface area (Å²) < 4.78 is 26.4. The number of ether oxygens (including phenoxy) is 5. The van der Waals surface area contributed by atoms with Crippen molar-refractivity contribution in [1.82, 2.24) is 21.3 Å². The third-order valence-corrected chi connectivity index (χ3v) is 5.97. The Labute approximate surface area is 256 Å². The lowest BCUT2D eigenvalue weighted by Crippen LogP contribution is -2.38. The Balaban J connectivity index is 3.35. The lowest BCUT2D eigenvalue weighted by molar-refractivity contribution is -0.127. The molecule has 14 heteroatoms. The highest BCUT2D eigenvalue weighted by atomic mass is 32.1. The van der Waals surface area contributed by atoms with Crippen molar-refractivity contribution in [3.63, 3.8) is 0 Å². The number of thiol groups is 1. The number of unbranched alkanes of at least 4 members (excludes halogenated alkanes) is 7. The SMILES string of the molecule is CC(=O)NCCOCCOCCNC(=O)COCCOCCOCC(=O)NCNC(=O)CCCCCCCCCCS. The van der Waals surface area contributed by atoms with Crippen molar-refractivity contribution < 1.29 is 42.9 Å². The zero-order valence-corrected chi connectivity index (χ0v) is 26.3. The molecule has 0 saturated carbocycles. The van der Waals surface area contributed by atoms with Gasteiger partial charge in [-0.2, -0.15) is 12.6 Å². The number of nitrogens with one attached hydrogen (secondary N) is 4. The van der Waals surface area contributed by atoms with Gasteiger partial charge in [-0.05, 0) is 18.6 Å². The highest BCUT2D eigenvalue weighted by Crippen LogP contribution is 2.09. The smallest absolute Gasteiger partial charge is 0.247 e. The van der Waals surface area contributed by atoms with Crippen LogP contribution in [0.3, 0.4) is 0 Å². The predicted molar refractivity (Wildman–Crippen MR) is 162 cm³/mol. The van der Waals surface area contributed by atoms with Gasteiger partial charge in [-0.25, -0.2) is 0 Å². The maximum Gasteiger partial charge on any atom is 0.247 e. The minimum atomic E-state index is -0.319. The molecule has 4 amide bonds. The van der Waals surface area contributed by atoms with Gasteiger partial charge in [0.1, 0.15) is 13.2 Å². The molecular weight excluding hydrogens is 568 g/mol. The molecule has 0 unspecified atom stereocenters. The van der Waals surface area contributed by atoms with Gasteiger partial charge < -0.3 is 45.0 Å². The second-order valence-corrected chi connectivity index (χ2v) is 9.90. The first-order valence-corrected chi connectivity index (χ1v) is 15.6. The third kappa shape index (κ3) is 32.5. The number of amides is 4. The second-order valence-electron chi connectivity index (χ2n) is 9.45. The van der Waals surface area contributed by atoms with Gasteiger partial charge in [-0.15, -0.1) is 0 Å². The van der Waals surface area contributed by atoms with Gasteiger partial charge in [-0.3, -0.25) is 19.2 Å². The first-order valence-electron chi connectivity index (χ1n) is 15.0. The van der Waals surface area contributed by atoms with E-state index < -0.39 is 0 Å². The Kier molecular flexibility index (Phi) is 30.5. The molecule has 0 bridgehead atoms.